The number of nitrogens with zero attached hydrogens (tertiary/aromatic N) is 1. The number of hydrogen-bond acceptors (Lipinski definition) is 4. The van der Waals surface area contributed by atoms with Gasteiger partial charge in [-0.15, -0.1) is 0 Å². The summed E-state index contributed by atoms with van der Waals surface area (Å²) in [5, 5.41) is 9.36. The Labute approximate surface area is 325 Å². The van der Waals surface area contributed by atoms with Gasteiger partial charge in [-0.1, -0.05) is 74.5 Å². The highest BCUT2D eigenvalue weighted by Crippen LogP contribution is 2.78. The second-order valence-corrected chi connectivity index (χ2v) is 22.1. The minimum Gasteiger partial charge on any atom is -0.481 e. The maximum absolute atomic E-state index is 13.3. The molecule has 53 heavy (non-hydrogen) atoms. The summed E-state index contributed by atoms with van der Waals surface area (Å²) in [6.45, 7) is 31.7. The predicted molar refractivity (Wildman–Crippen MR) is 217 cm³/mol. The number of carbonyl (C=O) groups excluding carboxylic acids is 1. The molecule has 6 aliphatic carbocycles. The summed E-state index contributed by atoms with van der Waals surface area (Å²) < 4.78 is 6.32. The minimum absolute atomic E-state index is 0.0227. The van der Waals surface area contributed by atoms with E-state index >= 15 is 0 Å². The molecule has 7 fully saturated rings. The molecule has 4 unspecified atom stereocenters. The first kappa shape index (κ1) is 41.3. The van der Waals surface area contributed by atoms with Crippen LogP contribution in [0.1, 0.15) is 178 Å². The van der Waals surface area contributed by atoms with E-state index < -0.39 is 11.4 Å². The maximum Gasteiger partial charge on any atom is 0.306 e. The molecule has 10 atom stereocenters. The van der Waals surface area contributed by atoms with Crippen molar-refractivity contribution in [3.05, 3.63) is 12.2 Å². The number of carbonyl (C=O) groups is 2. The number of likely N-dealkylation sites (tertiary alicyclic amines) is 1. The molecule has 302 valence electrons. The number of aliphatic carboxylic acids is 1. The molecule has 0 aromatic carbocycles. The fraction of sp³-hybridized carbons (Fsp3) is 0.917. The lowest BCUT2D eigenvalue weighted by Gasteiger charge is -2.73. The maximum atomic E-state index is 13.3. The van der Waals surface area contributed by atoms with E-state index in [1.165, 1.54) is 109 Å². The summed E-state index contributed by atoms with van der Waals surface area (Å²) in [5.41, 5.74) is 2.14. The van der Waals surface area contributed by atoms with Gasteiger partial charge in [-0.2, -0.15) is 0 Å². The van der Waals surface area contributed by atoms with Crippen LogP contribution < -0.4 is 0 Å². The Morgan fingerprint density at radius 3 is 2.06 bits per heavy atom. The van der Waals surface area contributed by atoms with Crippen molar-refractivity contribution in [2.45, 2.75) is 184 Å². The molecule has 1 N–H and O–H groups in total. The highest BCUT2D eigenvalue weighted by Gasteiger charge is 2.71. The topological polar surface area (TPSA) is 66.8 Å². The van der Waals surface area contributed by atoms with Crippen molar-refractivity contribution in [1.82, 2.24) is 4.90 Å². The molecule has 0 spiro atoms. The van der Waals surface area contributed by atoms with Crippen LogP contribution in [0.5, 0.6) is 0 Å². The van der Waals surface area contributed by atoms with E-state index in [0.717, 1.165) is 36.5 Å². The fourth-order valence-electron chi connectivity index (χ4n) is 15.6. The third-order valence-electron chi connectivity index (χ3n) is 18.6. The van der Waals surface area contributed by atoms with Crippen LogP contribution in [0.4, 0.5) is 0 Å². The molecule has 7 aliphatic rings. The Bertz CT molecular complexity index is 1360. The molecule has 0 aromatic rings. The van der Waals surface area contributed by atoms with Gasteiger partial charge in [0.1, 0.15) is 6.10 Å². The summed E-state index contributed by atoms with van der Waals surface area (Å²) in [5.74, 6) is 4.48. The quantitative estimate of drug-likeness (QED) is 0.179. The van der Waals surface area contributed by atoms with E-state index in [-0.39, 0.29) is 35.7 Å². The van der Waals surface area contributed by atoms with Crippen molar-refractivity contribution in [1.29, 1.82) is 0 Å². The fourth-order valence-corrected chi connectivity index (χ4v) is 15.6. The molecule has 0 bridgehead atoms. The molecule has 1 heterocycles. The highest BCUT2D eigenvalue weighted by atomic mass is 16.5. The van der Waals surface area contributed by atoms with Gasteiger partial charge in [0.2, 0.25) is 0 Å². The van der Waals surface area contributed by atoms with Crippen molar-refractivity contribution < 1.29 is 19.4 Å². The van der Waals surface area contributed by atoms with E-state index in [1.54, 1.807) is 0 Å². The molecule has 6 saturated carbocycles. The second-order valence-electron chi connectivity index (χ2n) is 22.1. The number of hydrogen-bond donors (Lipinski definition) is 1. The summed E-state index contributed by atoms with van der Waals surface area (Å²) >= 11 is 0. The third kappa shape index (κ3) is 7.24. The smallest absolute Gasteiger partial charge is 0.306 e. The Hall–Kier alpha value is -1.36. The van der Waals surface area contributed by atoms with Gasteiger partial charge >= 0.3 is 11.9 Å². The van der Waals surface area contributed by atoms with Gasteiger partial charge < -0.3 is 14.7 Å². The standard InChI is InChI=1S/C46H75NO4.C2H6/c1-30(2)33-14-21-46(24-27-47-25-17-32(18-26-47)31-10-11-31)23-22-44(8)34(40(33)46)12-13-36-43(7)19-16-37(42(5,6)35(43)15-20-45(36,44)9)51-39(50)29-41(3,4)28-38(48)49;1-2/h31-37,40H,1,10-29H2,2-9H3,(H,48,49);1-2H3/t33-,34+,35?,36?,37?,40?,43-,44+,45+,46+;/m0./s1. The molecule has 5 nitrogen and oxygen atoms in total. The Morgan fingerprint density at radius 1 is 0.774 bits per heavy atom. The average molecular weight is 736 g/mol. The Morgan fingerprint density at radius 2 is 1.43 bits per heavy atom. The van der Waals surface area contributed by atoms with Crippen molar-refractivity contribution in [3.8, 4) is 0 Å². The lowest BCUT2D eigenvalue weighted by atomic mass is 9.32. The lowest BCUT2D eigenvalue weighted by Crippen LogP contribution is -2.66. The van der Waals surface area contributed by atoms with Gasteiger partial charge in [0, 0.05) is 5.41 Å². The normalized spacial score (nSPS) is 42.5. The average Bonchev–Trinajstić information content (AvgIpc) is 3.86. The molecule has 1 aliphatic heterocycles. The number of fused-ring (bicyclic) bond motifs is 7. The molecular weight excluding hydrogens is 655 g/mol. The van der Waals surface area contributed by atoms with E-state index in [0.29, 0.717) is 34.0 Å². The van der Waals surface area contributed by atoms with Crippen LogP contribution in [0.3, 0.4) is 0 Å². The van der Waals surface area contributed by atoms with Gasteiger partial charge in [-0.25, -0.2) is 0 Å². The SMILES string of the molecule is C=C(C)[C@@H]1CC[C@]2(CCN3CCC(C4CC4)CC3)CC[C@]3(C)[C@H](CCC4[C@@]5(C)CCC(OC(=O)CC(C)(C)CC(=O)O)C(C)(C)C5CC[C@]43C)C12.CC. The first-order chi connectivity index (χ1) is 24.9. The molecule has 1 saturated heterocycles. The number of allylic oxidation sites excluding steroid dienone is 1. The summed E-state index contributed by atoms with van der Waals surface area (Å²) in [6.07, 6.45) is 20.2. The van der Waals surface area contributed by atoms with E-state index in [1.807, 2.05) is 27.7 Å². The van der Waals surface area contributed by atoms with E-state index in [4.69, 9.17) is 4.74 Å². The van der Waals surface area contributed by atoms with Crippen LogP contribution in [0.2, 0.25) is 0 Å². The monoisotopic (exact) mass is 736 g/mol. The summed E-state index contributed by atoms with van der Waals surface area (Å²) in [7, 11) is 0. The lowest BCUT2D eigenvalue weighted by molar-refractivity contribution is -0.250. The molecule has 0 radical (unpaired) electrons. The molecular formula is C48H81NO4. The first-order valence-corrected chi connectivity index (χ1v) is 22.6. The molecule has 0 aromatic heterocycles. The number of rotatable bonds is 10. The number of piperidine rings is 1. The predicted octanol–water partition coefficient (Wildman–Crippen LogP) is 12.0. The van der Waals surface area contributed by atoms with Gasteiger partial charge in [-0.3, -0.25) is 9.59 Å². The van der Waals surface area contributed by atoms with Crippen molar-refractivity contribution in [2.75, 3.05) is 19.6 Å². The van der Waals surface area contributed by atoms with Gasteiger partial charge in [0.25, 0.3) is 0 Å². The Balaban J connectivity index is 0.00000236. The van der Waals surface area contributed by atoms with Gasteiger partial charge in [-0.05, 0) is 191 Å². The van der Waals surface area contributed by atoms with E-state index in [9.17, 15) is 14.7 Å². The number of ether oxygens (including phenoxy) is 1. The van der Waals surface area contributed by atoms with Crippen LogP contribution in [0.25, 0.3) is 0 Å². The van der Waals surface area contributed by atoms with Crippen LogP contribution in [0.15, 0.2) is 12.2 Å². The molecule has 5 heteroatoms. The largest absolute Gasteiger partial charge is 0.481 e. The van der Waals surface area contributed by atoms with E-state index in [2.05, 4.69) is 53.0 Å². The zero-order valence-corrected chi connectivity index (χ0v) is 36.1. The number of esters is 1. The van der Waals surface area contributed by atoms with Crippen LogP contribution in [-0.4, -0.2) is 47.7 Å². The molecule has 0 amide bonds. The number of carboxylic acids is 1. The van der Waals surface area contributed by atoms with Gasteiger partial charge in [0.05, 0.1) is 12.8 Å². The second kappa shape index (κ2) is 14.9. The van der Waals surface area contributed by atoms with Crippen LogP contribution in [-0.2, 0) is 14.3 Å². The van der Waals surface area contributed by atoms with Crippen molar-refractivity contribution in [3.63, 3.8) is 0 Å². The minimum atomic E-state index is -0.860. The van der Waals surface area contributed by atoms with Crippen molar-refractivity contribution >= 4 is 11.9 Å². The van der Waals surface area contributed by atoms with Crippen LogP contribution in [0, 0.1) is 73.9 Å². The summed E-state index contributed by atoms with van der Waals surface area (Å²) in [6, 6.07) is 0. The zero-order valence-electron chi connectivity index (χ0n) is 36.1. The highest BCUT2D eigenvalue weighted by molar-refractivity contribution is 5.73. The van der Waals surface area contributed by atoms with Crippen LogP contribution >= 0.6 is 0 Å². The number of carboxylic acid groups (broad SMARTS) is 1. The van der Waals surface area contributed by atoms with Crippen molar-refractivity contribution in [2.24, 2.45) is 73.9 Å². The first-order valence-electron chi connectivity index (χ1n) is 22.6. The van der Waals surface area contributed by atoms with Gasteiger partial charge in [0.15, 0.2) is 0 Å². The third-order valence-corrected chi connectivity index (χ3v) is 18.6. The Kier molecular flexibility index (Phi) is 11.6. The summed E-state index contributed by atoms with van der Waals surface area (Å²) in [4.78, 5) is 27.5. The molecule has 7 rings (SSSR count). The zero-order chi connectivity index (χ0) is 38.8.